The van der Waals surface area contributed by atoms with Crippen LogP contribution in [0.15, 0.2) is 18.2 Å². The van der Waals surface area contributed by atoms with Gasteiger partial charge in [-0.25, -0.2) is 0 Å². The molecule has 0 saturated heterocycles. The Hall–Kier alpha value is -1.06. The van der Waals surface area contributed by atoms with Crippen LogP contribution < -0.4 is 5.32 Å². The zero-order chi connectivity index (χ0) is 12.8. The molecule has 0 aliphatic carbocycles. The summed E-state index contributed by atoms with van der Waals surface area (Å²) in [5.41, 5.74) is 1.47. The quantitative estimate of drug-likeness (QED) is 0.850. The van der Waals surface area contributed by atoms with Gasteiger partial charge in [0, 0.05) is 17.1 Å². The molecular formula is C13H18ClNO2. The molecule has 1 amide bonds. The van der Waals surface area contributed by atoms with Crippen molar-refractivity contribution >= 4 is 17.5 Å². The zero-order valence-electron chi connectivity index (χ0n) is 10.2. The minimum absolute atomic E-state index is 0.203. The third-order valence-corrected chi connectivity index (χ3v) is 2.64. The first-order valence-corrected chi connectivity index (χ1v) is 6.14. The highest BCUT2D eigenvalue weighted by Gasteiger charge is 2.09. The number of nitrogens with one attached hydrogen (secondary N) is 1. The first kappa shape index (κ1) is 14.0. The van der Waals surface area contributed by atoms with Gasteiger partial charge < -0.3 is 10.4 Å². The lowest BCUT2D eigenvalue weighted by Gasteiger charge is -2.11. The van der Waals surface area contributed by atoms with Crippen LogP contribution in [0.4, 0.5) is 0 Å². The van der Waals surface area contributed by atoms with E-state index in [1.54, 1.807) is 18.2 Å². The molecule has 1 rings (SSSR count). The lowest BCUT2D eigenvalue weighted by molar-refractivity contribution is 0.0910. The molecule has 17 heavy (non-hydrogen) atoms. The Morgan fingerprint density at radius 2 is 2.18 bits per heavy atom. The minimum atomic E-state index is -0.482. The molecule has 0 saturated carbocycles. The van der Waals surface area contributed by atoms with E-state index in [9.17, 15) is 9.90 Å². The Balaban J connectivity index is 2.58. The highest BCUT2D eigenvalue weighted by Crippen LogP contribution is 2.14. The maximum Gasteiger partial charge on any atom is 0.251 e. The summed E-state index contributed by atoms with van der Waals surface area (Å²) >= 11 is 5.88. The fourth-order valence-electron chi connectivity index (χ4n) is 1.62. The van der Waals surface area contributed by atoms with Crippen molar-refractivity contribution < 1.29 is 9.90 Å². The van der Waals surface area contributed by atoms with E-state index in [-0.39, 0.29) is 12.5 Å². The molecule has 0 radical (unpaired) electrons. The van der Waals surface area contributed by atoms with Gasteiger partial charge in [-0.05, 0) is 37.1 Å². The lowest BCUT2D eigenvalue weighted by Crippen LogP contribution is -2.32. The molecule has 0 aromatic heterocycles. The summed E-state index contributed by atoms with van der Waals surface area (Å²) in [6, 6.07) is 5.19. The number of hydrogen-bond donors (Lipinski definition) is 2. The smallest absolute Gasteiger partial charge is 0.251 e. The van der Waals surface area contributed by atoms with E-state index in [1.165, 1.54) is 0 Å². The predicted octanol–water partition coefficient (Wildman–Crippen LogP) is 2.54. The van der Waals surface area contributed by atoms with Crippen molar-refractivity contribution in [2.75, 3.05) is 6.54 Å². The summed E-state index contributed by atoms with van der Waals surface area (Å²) in [6.45, 7) is 4.15. The molecule has 3 nitrogen and oxygen atoms in total. The number of benzene rings is 1. The third-order valence-electron chi connectivity index (χ3n) is 2.42. The number of rotatable bonds is 5. The SMILES string of the molecule is CCCC(O)CNC(=O)c1cc(C)cc(Cl)c1. The number of aryl methyl sites for hydroxylation is 1. The van der Waals surface area contributed by atoms with Gasteiger partial charge in [0.05, 0.1) is 6.10 Å². The van der Waals surface area contributed by atoms with Crippen LogP contribution in [0.1, 0.15) is 35.7 Å². The van der Waals surface area contributed by atoms with Gasteiger partial charge in [0.1, 0.15) is 0 Å². The van der Waals surface area contributed by atoms with Crippen LogP contribution in [0.5, 0.6) is 0 Å². The highest BCUT2D eigenvalue weighted by atomic mass is 35.5. The average Bonchev–Trinajstić information content (AvgIpc) is 2.25. The Kier molecular flexibility index (Phi) is 5.45. The van der Waals surface area contributed by atoms with Gasteiger partial charge in [-0.3, -0.25) is 4.79 Å². The molecule has 0 bridgehead atoms. The molecule has 1 atom stereocenters. The topological polar surface area (TPSA) is 49.3 Å². The van der Waals surface area contributed by atoms with Crippen molar-refractivity contribution in [3.63, 3.8) is 0 Å². The van der Waals surface area contributed by atoms with Crippen molar-refractivity contribution in [3.05, 3.63) is 34.3 Å². The first-order valence-electron chi connectivity index (χ1n) is 5.76. The molecule has 1 aromatic carbocycles. The zero-order valence-corrected chi connectivity index (χ0v) is 10.9. The molecule has 0 aliphatic rings. The van der Waals surface area contributed by atoms with E-state index in [4.69, 9.17) is 11.6 Å². The number of hydrogen-bond acceptors (Lipinski definition) is 2. The highest BCUT2D eigenvalue weighted by molar-refractivity contribution is 6.31. The van der Waals surface area contributed by atoms with Crippen LogP contribution in [-0.2, 0) is 0 Å². The minimum Gasteiger partial charge on any atom is -0.391 e. The second-order valence-corrected chi connectivity index (χ2v) is 4.61. The van der Waals surface area contributed by atoms with Crippen molar-refractivity contribution in [1.29, 1.82) is 0 Å². The maximum atomic E-state index is 11.8. The molecule has 1 aromatic rings. The molecule has 94 valence electrons. The van der Waals surface area contributed by atoms with E-state index in [0.29, 0.717) is 17.0 Å². The Bertz CT molecular complexity index is 373. The summed E-state index contributed by atoms with van der Waals surface area (Å²) in [4.78, 5) is 11.8. The Morgan fingerprint density at radius 3 is 2.76 bits per heavy atom. The van der Waals surface area contributed by atoms with Gasteiger partial charge in [0.25, 0.3) is 5.91 Å². The monoisotopic (exact) mass is 255 g/mol. The first-order chi connectivity index (χ1) is 8.02. The van der Waals surface area contributed by atoms with Gasteiger partial charge in [-0.15, -0.1) is 0 Å². The molecule has 0 aliphatic heterocycles. The normalized spacial score (nSPS) is 12.2. The van der Waals surface area contributed by atoms with Crippen LogP contribution in [-0.4, -0.2) is 23.7 Å². The molecule has 2 N–H and O–H groups in total. The molecule has 0 heterocycles. The fourth-order valence-corrected chi connectivity index (χ4v) is 1.90. The van der Waals surface area contributed by atoms with E-state index >= 15 is 0 Å². The Morgan fingerprint density at radius 1 is 1.47 bits per heavy atom. The summed E-state index contributed by atoms with van der Waals surface area (Å²) in [5, 5.41) is 12.7. The number of aliphatic hydroxyl groups is 1. The number of aliphatic hydroxyl groups excluding tert-OH is 1. The van der Waals surface area contributed by atoms with Crippen LogP contribution in [0.2, 0.25) is 5.02 Å². The number of carbonyl (C=O) groups is 1. The summed E-state index contributed by atoms with van der Waals surface area (Å²) in [5.74, 6) is -0.203. The standard InChI is InChI=1S/C13H18ClNO2/c1-3-4-12(16)8-15-13(17)10-5-9(2)6-11(14)7-10/h5-7,12,16H,3-4,8H2,1-2H3,(H,15,17). The molecule has 0 fully saturated rings. The molecule has 1 unspecified atom stereocenters. The molecule has 4 heteroatoms. The largest absolute Gasteiger partial charge is 0.391 e. The predicted molar refractivity (Wildman–Crippen MR) is 69.4 cm³/mol. The number of amides is 1. The van der Waals surface area contributed by atoms with Gasteiger partial charge in [-0.2, -0.15) is 0 Å². The number of carbonyl (C=O) groups excluding carboxylic acids is 1. The average molecular weight is 256 g/mol. The van der Waals surface area contributed by atoms with Crippen LogP contribution >= 0.6 is 11.6 Å². The van der Waals surface area contributed by atoms with Crippen molar-refractivity contribution in [1.82, 2.24) is 5.32 Å². The van der Waals surface area contributed by atoms with Gasteiger partial charge in [-0.1, -0.05) is 24.9 Å². The van der Waals surface area contributed by atoms with Gasteiger partial charge in [0.15, 0.2) is 0 Å². The second-order valence-electron chi connectivity index (χ2n) is 4.17. The van der Waals surface area contributed by atoms with Crippen molar-refractivity contribution in [3.8, 4) is 0 Å². The van der Waals surface area contributed by atoms with Crippen LogP contribution in [0.25, 0.3) is 0 Å². The van der Waals surface area contributed by atoms with E-state index < -0.39 is 6.10 Å². The van der Waals surface area contributed by atoms with Crippen molar-refractivity contribution in [2.24, 2.45) is 0 Å². The van der Waals surface area contributed by atoms with E-state index in [1.807, 2.05) is 13.8 Å². The summed E-state index contributed by atoms with van der Waals surface area (Å²) in [7, 11) is 0. The summed E-state index contributed by atoms with van der Waals surface area (Å²) < 4.78 is 0. The lowest BCUT2D eigenvalue weighted by atomic mass is 10.1. The summed E-state index contributed by atoms with van der Waals surface area (Å²) in [6.07, 6.45) is 1.10. The van der Waals surface area contributed by atoms with E-state index in [0.717, 1.165) is 12.0 Å². The van der Waals surface area contributed by atoms with Crippen LogP contribution in [0.3, 0.4) is 0 Å². The van der Waals surface area contributed by atoms with Gasteiger partial charge >= 0.3 is 0 Å². The molecule has 0 spiro atoms. The third kappa shape index (κ3) is 4.75. The molecular weight excluding hydrogens is 238 g/mol. The number of halogens is 1. The second kappa shape index (κ2) is 6.62. The van der Waals surface area contributed by atoms with Crippen LogP contribution in [0, 0.1) is 6.92 Å². The van der Waals surface area contributed by atoms with Crippen molar-refractivity contribution in [2.45, 2.75) is 32.8 Å². The fraction of sp³-hybridized carbons (Fsp3) is 0.462. The Labute approximate surface area is 107 Å². The van der Waals surface area contributed by atoms with Gasteiger partial charge in [0.2, 0.25) is 0 Å². The maximum absolute atomic E-state index is 11.8. The van der Waals surface area contributed by atoms with E-state index in [2.05, 4.69) is 5.32 Å².